The van der Waals surface area contributed by atoms with E-state index in [1.807, 2.05) is 0 Å². The Kier molecular flexibility index (Phi) is 6.22. The molecule has 1 heterocycles. The molecule has 1 fully saturated rings. The molecule has 2 atom stereocenters. The quantitative estimate of drug-likeness (QED) is 0.622. The van der Waals surface area contributed by atoms with Gasteiger partial charge in [0.15, 0.2) is 0 Å². The Labute approximate surface area is 119 Å². The average Bonchev–Trinajstić information content (AvgIpc) is 2.43. The summed E-state index contributed by atoms with van der Waals surface area (Å²) in [5.41, 5.74) is 4.23. The molecule has 0 aliphatic carbocycles. The summed E-state index contributed by atoms with van der Waals surface area (Å²) in [7, 11) is 1.56. The molecule has 0 bridgehead atoms. The van der Waals surface area contributed by atoms with Gasteiger partial charge in [-0.1, -0.05) is 0 Å². The number of ether oxygens (including phenoxy) is 1. The van der Waals surface area contributed by atoms with Crippen molar-refractivity contribution < 1.29 is 19.4 Å². The van der Waals surface area contributed by atoms with Gasteiger partial charge in [-0.2, -0.15) is 0 Å². The summed E-state index contributed by atoms with van der Waals surface area (Å²) in [4.78, 5) is 24.7. The van der Waals surface area contributed by atoms with Gasteiger partial charge in [-0.25, -0.2) is 4.79 Å². The molecule has 1 saturated heterocycles. The number of amides is 3. The topological polar surface area (TPSA) is 105 Å². The van der Waals surface area contributed by atoms with Crippen LogP contribution in [0.3, 0.4) is 0 Å². The second kappa shape index (κ2) is 7.44. The van der Waals surface area contributed by atoms with E-state index in [9.17, 15) is 14.7 Å². The van der Waals surface area contributed by atoms with Gasteiger partial charge in [0.1, 0.15) is 0 Å². The van der Waals surface area contributed by atoms with Crippen LogP contribution in [0.4, 0.5) is 4.79 Å². The molecule has 3 amide bonds. The molecule has 0 aromatic carbocycles. The van der Waals surface area contributed by atoms with Crippen molar-refractivity contribution in [2.45, 2.75) is 31.8 Å². The number of carbonyl (C=O) groups excluding carboxylic acids is 2. The van der Waals surface area contributed by atoms with Crippen LogP contribution in [-0.2, 0) is 9.53 Å². The summed E-state index contributed by atoms with van der Waals surface area (Å²) >= 11 is 0. The van der Waals surface area contributed by atoms with Gasteiger partial charge in [0.2, 0.25) is 5.91 Å². The molecule has 0 aromatic rings. The Morgan fingerprint density at radius 3 is 2.85 bits per heavy atom. The van der Waals surface area contributed by atoms with E-state index in [1.54, 1.807) is 14.0 Å². The minimum atomic E-state index is -0.996. The van der Waals surface area contributed by atoms with Crippen LogP contribution in [-0.4, -0.2) is 60.9 Å². The van der Waals surface area contributed by atoms with Crippen LogP contribution in [0.2, 0.25) is 0 Å². The van der Waals surface area contributed by atoms with Crippen molar-refractivity contribution in [1.82, 2.24) is 10.2 Å². The van der Waals surface area contributed by atoms with Crippen LogP contribution >= 0.6 is 0 Å². The van der Waals surface area contributed by atoms with E-state index in [-0.39, 0.29) is 18.4 Å². The van der Waals surface area contributed by atoms with Crippen LogP contribution in [0.5, 0.6) is 0 Å². The molecule has 0 spiro atoms. The minimum absolute atomic E-state index is 0.145. The fourth-order valence-corrected chi connectivity index (χ4v) is 2.22. The molecule has 2 unspecified atom stereocenters. The molecule has 20 heavy (non-hydrogen) atoms. The third-order valence-electron chi connectivity index (χ3n) is 3.59. The van der Waals surface area contributed by atoms with Crippen LogP contribution < -0.4 is 11.1 Å². The van der Waals surface area contributed by atoms with Gasteiger partial charge in [0, 0.05) is 39.8 Å². The molecule has 116 valence electrons. The van der Waals surface area contributed by atoms with Gasteiger partial charge in [0.05, 0.1) is 11.5 Å². The van der Waals surface area contributed by atoms with Crippen molar-refractivity contribution in [3.8, 4) is 0 Å². The van der Waals surface area contributed by atoms with Gasteiger partial charge >= 0.3 is 6.03 Å². The number of aliphatic hydroxyl groups is 1. The lowest BCUT2D eigenvalue weighted by Crippen LogP contribution is -2.49. The Hall–Kier alpha value is -1.34. The monoisotopic (exact) mass is 287 g/mol. The first kappa shape index (κ1) is 16.7. The number of carbonyl (C=O) groups is 2. The van der Waals surface area contributed by atoms with E-state index in [2.05, 4.69) is 5.32 Å². The summed E-state index contributed by atoms with van der Waals surface area (Å²) in [5, 5.41) is 12.8. The molecule has 0 radical (unpaired) electrons. The Balaban J connectivity index is 2.40. The normalized spacial score (nSPS) is 22.1. The van der Waals surface area contributed by atoms with Gasteiger partial charge in [-0.05, 0) is 19.8 Å². The molecule has 1 rings (SSSR count). The zero-order valence-electron chi connectivity index (χ0n) is 12.2. The number of hydrogen-bond acceptors (Lipinski definition) is 4. The van der Waals surface area contributed by atoms with E-state index in [0.29, 0.717) is 26.1 Å². The van der Waals surface area contributed by atoms with Crippen LogP contribution in [0.15, 0.2) is 0 Å². The summed E-state index contributed by atoms with van der Waals surface area (Å²) in [5.74, 6) is -0.400. The number of nitrogens with two attached hydrogens (primary N) is 1. The van der Waals surface area contributed by atoms with Crippen LogP contribution in [0.25, 0.3) is 0 Å². The molecule has 0 aromatic heterocycles. The van der Waals surface area contributed by atoms with Gasteiger partial charge in [0.25, 0.3) is 0 Å². The van der Waals surface area contributed by atoms with E-state index >= 15 is 0 Å². The first-order valence-electron chi connectivity index (χ1n) is 6.89. The minimum Gasteiger partial charge on any atom is -0.388 e. The number of primary amides is 1. The zero-order chi connectivity index (χ0) is 15.2. The highest BCUT2D eigenvalue weighted by molar-refractivity contribution is 5.80. The van der Waals surface area contributed by atoms with Crippen molar-refractivity contribution in [2.75, 3.05) is 33.4 Å². The number of urea groups is 1. The van der Waals surface area contributed by atoms with E-state index in [4.69, 9.17) is 10.5 Å². The van der Waals surface area contributed by atoms with Crippen molar-refractivity contribution in [2.24, 2.45) is 11.7 Å². The van der Waals surface area contributed by atoms with E-state index < -0.39 is 11.6 Å². The number of nitrogens with one attached hydrogen (secondary N) is 1. The Morgan fingerprint density at radius 2 is 2.25 bits per heavy atom. The maximum absolute atomic E-state index is 12.1. The zero-order valence-corrected chi connectivity index (χ0v) is 12.2. The maximum Gasteiger partial charge on any atom is 0.314 e. The second-order valence-electron chi connectivity index (χ2n) is 5.58. The fourth-order valence-electron chi connectivity index (χ4n) is 2.22. The van der Waals surface area contributed by atoms with Gasteiger partial charge in [-0.15, -0.1) is 0 Å². The van der Waals surface area contributed by atoms with Crippen LogP contribution in [0, 0.1) is 5.92 Å². The number of hydrogen-bond donors (Lipinski definition) is 3. The lowest BCUT2D eigenvalue weighted by molar-refractivity contribution is -0.127. The predicted molar refractivity (Wildman–Crippen MR) is 74.0 cm³/mol. The van der Waals surface area contributed by atoms with Crippen molar-refractivity contribution in [1.29, 1.82) is 0 Å². The SMILES string of the molecule is COCCC(C)(O)CNC(=O)C1CCCN(C(N)=O)C1. The Morgan fingerprint density at radius 1 is 1.55 bits per heavy atom. The first-order chi connectivity index (χ1) is 9.35. The third kappa shape index (κ3) is 5.34. The molecule has 1 aliphatic rings. The molecule has 4 N–H and O–H groups in total. The van der Waals surface area contributed by atoms with Crippen molar-refractivity contribution in [3.05, 3.63) is 0 Å². The van der Waals surface area contributed by atoms with E-state index in [1.165, 1.54) is 4.90 Å². The highest BCUT2D eigenvalue weighted by atomic mass is 16.5. The van der Waals surface area contributed by atoms with Crippen molar-refractivity contribution >= 4 is 11.9 Å². The summed E-state index contributed by atoms with van der Waals surface area (Å²) in [6.45, 7) is 3.21. The van der Waals surface area contributed by atoms with Crippen LogP contribution in [0.1, 0.15) is 26.2 Å². The summed E-state index contributed by atoms with van der Waals surface area (Å²) in [6, 6.07) is -0.491. The molecular weight excluding hydrogens is 262 g/mol. The smallest absolute Gasteiger partial charge is 0.314 e. The lowest BCUT2D eigenvalue weighted by Gasteiger charge is -2.31. The Bertz CT molecular complexity index is 347. The second-order valence-corrected chi connectivity index (χ2v) is 5.58. The van der Waals surface area contributed by atoms with Gasteiger partial charge in [-0.3, -0.25) is 4.79 Å². The standard InChI is InChI=1S/C13H25N3O4/c1-13(19,5-7-20-2)9-15-11(17)10-4-3-6-16(8-10)12(14)18/h10,19H,3-9H2,1-2H3,(H2,14,18)(H,15,17). The highest BCUT2D eigenvalue weighted by Crippen LogP contribution is 2.17. The highest BCUT2D eigenvalue weighted by Gasteiger charge is 2.29. The maximum atomic E-state index is 12.1. The number of piperidine rings is 1. The number of rotatable bonds is 6. The average molecular weight is 287 g/mol. The van der Waals surface area contributed by atoms with Crippen molar-refractivity contribution in [3.63, 3.8) is 0 Å². The van der Waals surface area contributed by atoms with E-state index in [0.717, 1.165) is 12.8 Å². The first-order valence-corrected chi connectivity index (χ1v) is 6.89. The number of methoxy groups -OCH3 is 1. The molecule has 7 nitrogen and oxygen atoms in total. The number of nitrogens with zero attached hydrogens (tertiary/aromatic N) is 1. The molecular formula is C13H25N3O4. The molecule has 1 aliphatic heterocycles. The number of likely N-dealkylation sites (tertiary alicyclic amines) is 1. The largest absolute Gasteiger partial charge is 0.388 e. The lowest BCUT2D eigenvalue weighted by atomic mass is 9.96. The molecule has 0 saturated carbocycles. The summed E-state index contributed by atoms with van der Waals surface area (Å²) < 4.78 is 4.91. The summed E-state index contributed by atoms with van der Waals surface area (Å²) in [6.07, 6.45) is 1.94. The fraction of sp³-hybridized carbons (Fsp3) is 0.846. The van der Waals surface area contributed by atoms with Gasteiger partial charge < -0.3 is 25.8 Å². The predicted octanol–water partition coefficient (Wildman–Crippen LogP) is -0.319. The molecule has 7 heteroatoms. The third-order valence-corrected chi connectivity index (χ3v) is 3.59.